The molecule has 0 aliphatic carbocycles. The number of aliphatic hydroxyl groups excluding tert-OH is 1. The Morgan fingerprint density at radius 1 is 1.27 bits per heavy atom. The first-order chi connectivity index (χ1) is 7.04. The number of ether oxygens (including phenoxy) is 1. The van der Waals surface area contributed by atoms with E-state index in [-0.39, 0.29) is 6.10 Å². The number of aliphatic hydroxyl groups is 1. The lowest BCUT2D eigenvalue weighted by atomic mass is 10.0. The van der Waals surface area contributed by atoms with Crippen molar-refractivity contribution in [3.05, 3.63) is 28.8 Å². The fourth-order valence-electron chi connectivity index (χ4n) is 1.88. The van der Waals surface area contributed by atoms with E-state index in [0.717, 1.165) is 29.7 Å². The van der Waals surface area contributed by atoms with Gasteiger partial charge in [-0.3, -0.25) is 0 Å². The molecule has 0 fully saturated rings. The summed E-state index contributed by atoms with van der Waals surface area (Å²) in [5.41, 5.74) is 3.60. The zero-order valence-corrected chi connectivity index (χ0v) is 10.0. The second-order valence-corrected chi connectivity index (χ2v) is 4.15. The second-order valence-electron chi connectivity index (χ2n) is 4.15. The van der Waals surface area contributed by atoms with E-state index >= 15 is 0 Å². The average molecular weight is 208 g/mol. The minimum Gasteiger partial charge on any atom is -0.496 e. The Morgan fingerprint density at radius 2 is 1.80 bits per heavy atom. The van der Waals surface area contributed by atoms with Crippen LogP contribution in [0.1, 0.15) is 30.0 Å². The number of aryl methyl sites for hydroxylation is 3. The van der Waals surface area contributed by atoms with Gasteiger partial charge < -0.3 is 9.84 Å². The molecule has 1 aromatic rings. The van der Waals surface area contributed by atoms with Gasteiger partial charge in [0.05, 0.1) is 13.2 Å². The number of hydrogen-bond donors (Lipinski definition) is 1. The maximum Gasteiger partial charge on any atom is 0.124 e. The predicted molar refractivity (Wildman–Crippen MR) is 62.5 cm³/mol. The third-order valence-corrected chi connectivity index (χ3v) is 2.58. The lowest BCUT2D eigenvalue weighted by Gasteiger charge is -2.11. The van der Waals surface area contributed by atoms with Crippen molar-refractivity contribution in [2.45, 2.75) is 39.7 Å². The molecule has 0 spiro atoms. The van der Waals surface area contributed by atoms with Gasteiger partial charge in [0.2, 0.25) is 0 Å². The molecule has 0 saturated carbocycles. The topological polar surface area (TPSA) is 29.5 Å². The van der Waals surface area contributed by atoms with Gasteiger partial charge >= 0.3 is 0 Å². The van der Waals surface area contributed by atoms with E-state index < -0.39 is 0 Å². The molecule has 1 N–H and O–H groups in total. The molecule has 2 heteroatoms. The minimum atomic E-state index is -0.229. The Labute approximate surface area is 91.9 Å². The predicted octanol–water partition coefficient (Wildman–Crippen LogP) is 2.63. The van der Waals surface area contributed by atoms with Crippen LogP contribution in [0.25, 0.3) is 0 Å². The van der Waals surface area contributed by atoms with Crippen molar-refractivity contribution < 1.29 is 9.84 Å². The Kier molecular flexibility index (Phi) is 4.15. The van der Waals surface area contributed by atoms with E-state index in [2.05, 4.69) is 26.0 Å². The standard InChI is InChI=1S/C13H20O2/c1-9-7-12(6-5-11(3)14)8-10(2)13(9)15-4/h7-8,11,14H,5-6H2,1-4H3/t11-/m1/s1. The van der Waals surface area contributed by atoms with Crippen molar-refractivity contribution in [2.75, 3.05) is 7.11 Å². The molecule has 0 aliphatic rings. The Bertz CT molecular complexity index is 306. The lowest BCUT2D eigenvalue weighted by molar-refractivity contribution is 0.185. The third-order valence-electron chi connectivity index (χ3n) is 2.58. The molecule has 84 valence electrons. The third kappa shape index (κ3) is 3.24. The van der Waals surface area contributed by atoms with Gasteiger partial charge in [0.1, 0.15) is 5.75 Å². The minimum absolute atomic E-state index is 0.229. The van der Waals surface area contributed by atoms with Crippen LogP contribution in [-0.4, -0.2) is 18.3 Å². The summed E-state index contributed by atoms with van der Waals surface area (Å²) >= 11 is 0. The van der Waals surface area contributed by atoms with Crippen molar-refractivity contribution >= 4 is 0 Å². The molecular weight excluding hydrogens is 188 g/mol. The van der Waals surface area contributed by atoms with Gasteiger partial charge in [-0.1, -0.05) is 12.1 Å². The molecule has 0 heterocycles. The molecule has 0 amide bonds. The number of benzene rings is 1. The smallest absolute Gasteiger partial charge is 0.124 e. The van der Waals surface area contributed by atoms with E-state index in [1.54, 1.807) is 7.11 Å². The highest BCUT2D eigenvalue weighted by Crippen LogP contribution is 2.24. The summed E-state index contributed by atoms with van der Waals surface area (Å²) < 4.78 is 5.31. The monoisotopic (exact) mass is 208 g/mol. The van der Waals surface area contributed by atoms with E-state index in [4.69, 9.17) is 4.74 Å². The van der Waals surface area contributed by atoms with Gasteiger partial charge in [-0.2, -0.15) is 0 Å². The summed E-state index contributed by atoms with van der Waals surface area (Å²) in [4.78, 5) is 0. The summed E-state index contributed by atoms with van der Waals surface area (Å²) in [7, 11) is 1.70. The van der Waals surface area contributed by atoms with Gasteiger partial charge in [-0.25, -0.2) is 0 Å². The van der Waals surface area contributed by atoms with Gasteiger partial charge in [0.15, 0.2) is 0 Å². The van der Waals surface area contributed by atoms with Gasteiger partial charge in [0, 0.05) is 0 Å². The van der Waals surface area contributed by atoms with Crippen molar-refractivity contribution in [1.29, 1.82) is 0 Å². The largest absolute Gasteiger partial charge is 0.496 e. The molecule has 15 heavy (non-hydrogen) atoms. The molecule has 1 rings (SSSR count). The van der Waals surface area contributed by atoms with Crippen LogP contribution < -0.4 is 4.74 Å². The number of rotatable bonds is 4. The summed E-state index contributed by atoms with van der Waals surface area (Å²) in [6.07, 6.45) is 1.50. The van der Waals surface area contributed by atoms with Crippen LogP contribution >= 0.6 is 0 Å². The summed E-state index contributed by atoms with van der Waals surface area (Å²) in [5.74, 6) is 0.968. The molecule has 0 saturated heterocycles. The second kappa shape index (κ2) is 5.17. The van der Waals surface area contributed by atoms with E-state index in [1.165, 1.54) is 5.56 Å². The van der Waals surface area contributed by atoms with E-state index in [0.29, 0.717) is 0 Å². The summed E-state index contributed by atoms with van der Waals surface area (Å²) in [5, 5.41) is 9.23. The molecule has 0 radical (unpaired) electrons. The molecular formula is C13H20O2. The highest BCUT2D eigenvalue weighted by Gasteiger charge is 2.05. The lowest BCUT2D eigenvalue weighted by Crippen LogP contribution is -2.02. The van der Waals surface area contributed by atoms with E-state index in [1.807, 2.05) is 6.92 Å². The fraction of sp³-hybridized carbons (Fsp3) is 0.538. The quantitative estimate of drug-likeness (QED) is 0.824. The zero-order valence-electron chi connectivity index (χ0n) is 10.0. The van der Waals surface area contributed by atoms with Crippen LogP contribution in [0.2, 0.25) is 0 Å². The maximum atomic E-state index is 9.23. The fourth-order valence-corrected chi connectivity index (χ4v) is 1.88. The van der Waals surface area contributed by atoms with Gasteiger partial charge in [-0.15, -0.1) is 0 Å². The highest BCUT2D eigenvalue weighted by molar-refractivity contribution is 5.43. The van der Waals surface area contributed by atoms with Crippen LogP contribution in [-0.2, 0) is 6.42 Å². The van der Waals surface area contributed by atoms with Crippen LogP contribution in [0.5, 0.6) is 5.75 Å². The van der Waals surface area contributed by atoms with Crippen molar-refractivity contribution in [3.63, 3.8) is 0 Å². The summed E-state index contributed by atoms with van der Waals surface area (Å²) in [6, 6.07) is 4.27. The first-order valence-electron chi connectivity index (χ1n) is 5.36. The first kappa shape index (κ1) is 12.1. The average Bonchev–Trinajstić information content (AvgIpc) is 2.14. The van der Waals surface area contributed by atoms with Gasteiger partial charge in [-0.05, 0) is 50.3 Å². The molecule has 0 aromatic heterocycles. The van der Waals surface area contributed by atoms with Crippen LogP contribution in [0.3, 0.4) is 0 Å². The van der Waals surface area contributed by atoms with E-state index in [9.17, 15) is 5.11 Å². The molecule has 0 unspecified atom stereocenters. The molecule has 1 aromatic carbocycles. The van der Waals surface area contributed by atoms with Crippen LogP contribution in [0.4, 0.5) is 0 Å². The number of methoxy groups -OCH3 is 1. The van der Waals surface area contributed by atoms with Crippen LogP contribution in [0.15, 0.2) is 12.1 Å². The molecule has 2 nitrogen and oxygen atoms in total. The van der Waals surface area contributed by atoms with Crippen LogP contribution in [0, 0.1) is 13.8 Å². The molecule has 0 bridgehead atoms. The normalized spacial score (nSPS) is 12.6. The SMILES string of the molecule is COc1c(C)cc(CC[C@@H](C)O)cc1C. The molecule has 0 aliphatic heterocycles. The maximum absolute atomic E-state index is 9.23. The zero-order chi connectivity index (χ0) is 11.4. The summed E-state index contributed by atoms with van der Waals surface area (Å²) in [6.45, 7) is 5.93. The van der Waals surface area contributed by atoms with Crippen molar-refractivity contribution in [2.24, 2.45) is 0 Å². The molecule has 1 atom stereocenters. The highest BCUT2D eigenvalue weighted by atomic mass is 16.5. The Hall–Kier alpha value is -1.02. The number of hydrogen-bond acceptors (Lipinski definition) is 2. The first-order valence-corrected chi connectivity index (χ1v) is 5.36. The van der Waals surface area contributed by atoms with Gasteiger partial charge in [0.25, 0.3) is 0 Å². The van der Waals surface area contributed by atoms with Crippen molar-refractivity contribution in [3.8, 4) is 5.75 Å². The Morgan fingerprint density at radius 3 is 2.20 bits per heavy atom. The van der Waals surface area contributed by atoms with Crippen molar-refractivity contribution in [1.82, 2.24) is 0 Å². The Balaban J connectivity index is 2.84.